The number of hydrogen-bond acceptors (Lipinski definition) is 3. The maximum absolute atomic E-state index is 5.58. The van der Waals surface area contributed by atoms with Crippen LogP contribution in [0.2, 0.25) is 0 Å². The van der Waals surface area contributed by atoms with Gasteiger partial charge in [-0.05, 0) is 30.0 Å². The van der Waals surface area contributed by atoms with E-state index in [2.05, 4.69) is 27.9 Å². The average molecular weight is 235 g/mol. The van der Waals surface area contributed by atoms with Gasteiger partial charge in [0, 0.05) is 23.2 Å². The predicted molar refractivity (Wildman–Crippen MR) is 67.8 cm³/mol. The highest BCUT2D eigenvalue weighted by Crippen LogP contribution is 2.19. The monoisotopic (exact) mass is 235 g/mol. The molecule has 2 rings (SSSR count). The molecular weight excluding hydrogens is 218 g/mol. The number of imidazole rings is 1. The molecule has 2 aromatic rings. The van der Waals surface area contributed by atoms with Gasteiger partial charge in [-0.2, -0.15) is 0 Å². The Morgan fingerprint density at radius 1 is 1.50 bits per heavy atom. The second kappa shape index (κ2) is 5.27. The van der Waals surface area contributed by atoms with Crippen LogP contribution in [0.3, 0.4) is 0 Å². The van der Waals surface area contributed by atoms with Gasteiger partial charge in [-0.15, -0.1) is 11.3 Å². The molecule has 0 aliphatic heterocycles. The summed E-state index contributed by atoms with van der Waals surface area (Å²) < 4.78 is 2.19. The predicted octanol–water partition coefficient (Wildman–Crippen LogP) is 2.06. The Kier molecular flexibility index (Phi) is 3.74. The van der Waals surface area contributed by atoms with Gasteiger partial charge in [0.2, 0.25) is 0 Å². The van der Waals surface area contributed by atoms with Crippen molar-refractivity contribution in [3.8, 4) is 0 Å². The minimum absolute atomic E-state index is 0.677. The van der Waals surface area contributed by atoms with Gasteiger partial charge in [0.15, 0.2) is 0 Å². The number of hydrogen-bond donors (Lipinski definition) is 1. The molecule has 0 unspecified atom stereocenters. The molecule has 16 heavy (non-hydrogen) atoms. The Labute approximate surface area is 99.9 Å². The number of aryl methyl sites for hydroxylation is 1. The van der Waals surface area contributed by atoms with E-state index < -0.39 is 0 Å². The molecule has 0 spiro atoms. The van der Waals surface area contributed by atoms with E-state index in [0.29, 0.717) is 6.54 Å². The Bertz CT molecular complexity index is 445. The Morgan fingerprint density at radius 2 is 2.38 bits per heavy atom. The van der Waals surface area contributed by atoms with Crippen molar-refractivity contribution in [3.63, 3.8) is 0 Å². The molecular formula is C12H17N3S. The van der Waals surface area contributed by atoms with Gasteiger partial charge in [-0.25, -0.2) is 4.98 Å². The first-order valence-corrected chi connectivity index (χ1v) is 6.47. The largest absolute Gasteiger partial charge is 0.330 e. The summed E-state index contributed by atoms with van der Waals surface area (Å²) in [6.07, 6.45) is 5.79. The molecule has 0 atom stereocenters. The highest BCUT2D eigenvalue weighted by atomic mass is 32.1. The van der Waals surface area contributed by atoms with E-state index >= 15 is 0 Å². The molecule has 0 radical (unpaired) electrons. The van der Waals surface area contributed by atoms with Gasteiger partial charge in [0.1, 0.15) is 0 Å². The summed E-state index contributed by atoms with van der Waals surface area (Å²) in [5, 5.41) is 2.16. The Hall–Kier alpha value is -1.13. The molecule has 0 saturated carbocycles. The van der Waals surface area contributed by atoms with Crippen LogP contribution < -0.4 is 5.73 Å². The summed E-state index contributed by atoms with van der Waals surface area (Å²) in [6, 6.07) is 2.21. The first kappa shape index (κ1) is 11.4. The van der Waals surface area contributed by atoms with Crippen molar-refractivity contribution >= 4 is 11.3 Å². The van der Waals surface area contributed by atoms with Crippen molar-refractivity contribution < 1.29 is 0 Å². The standard InChI is InChI=1S/C12H17N3S/c1-2-10-4-6-16-12(10)8-15-9-14-7-11(15)3-5-13/h4,6-7,9H,2-3,5,8,13H2,1H3. The van der Waals surface area contributed by atoms with Crippen molar-refractivity contribution in [2.75, 3.05) is 6.54 Å². The smallest absolute Gasteiger partial charge is 0.0951 e. The van der Waals surface area contributed by atoms with Crippen LogP contribution in [0.25, 0.3) is 0 Å². The Balaban J connectivity index is 2.17. The lowest BCUT2D eigenvalue weighted by Gasteiger charge is -2.07. The van der Waals surface area contributed by atoms with Crippen LogP contribution in [0.4, 0.5) is 0 Å². The number of thiophene rings is 1. The summed E-state index contributed by atoms with van der Waals surface area (Å²) in [4.78, 5) is 5.62. The van der Waals surface area contributed by atoms with Gasteiger partial charge in [0.25, 0.3) is 0 Å². The van der Waals surface area contributed by atoms with Crippen molar-refractivity contribution in [2.45, 2.75) is 26.3 Å². The number of rotatable bonds is 5. The highest BCUT2D eigenvalue weighted by Gasteiger charge is 2.06. The number of nitrogens with two attached hydrogens (primary N) is 1. The molecule has 0 aliphatic rings. The molecule has 3 nitrogen and oxygen atoms in total. The molecule has 2 N–H and O–H groups in total. The van der Waals surface area contributed by atoms with Crippen molar-refractivity contribution in [1.29, 1.82) is 0 Å². The minimum Gasteiger partial charge on any atom is -0.330 e. The van der Waals surface area contributed by atoms with E-state index in [1.807, 2.05) is 23.9 Å². The van der Waals surface area contributed by atoms with E-state index in [0.717, 1.165) is 19.4 Å². The summed E-state index contributed by atoms with van der Waals surface area (Å²) in [7, 11) is 0. The Morgan fingerprint density at radius 3 is 3.12 bits per heavy atom. The normalized spacial score (nSPS) is 10.9. The fraction of sp³-hybridized carbons (Fsp3) is 0.417. The van der Waals surface area contributed by atoms with Crippen molar-refractivity contribution in [1.82, 2.24) is 9.55 Å². The van der Waals surface area contributed by atoms with Gasteiger partial charge < -0.3 is 10.3 Å². The SMILES string of the molecule is CCc1ccsc1Cn1cncc1CCN. The summed E-state index contributed by atoms with van der Waals surface area (Å²) >= 11 is 1.82. The van der Waals surface area contributed by atoms with Crippen LogP contribution in [-0.4, -0.2) is 16.1 Å². The van der Waals surface area contributed by atoms with Crippen LogP contribution in [0, 0.1) is 0 Å². The van der Waals surface area contributed by atoms with E-state index in [4.69, 9.17) is 5.73 Å². The van der Waals surface area contributed by atoms with Crippen LogP contribution in [0.5, 0.6) is 0 Å². The van der Waals surface area contributed by atoms with Gasteiger partial charge in [-0.3, -0.25) is 0 Å². The van der Waals surface area contributed by atoms with Gasteiger partial charge >= 0.3 is 0 Å². The topological polar surface area (TPSA) is 43.8 Å². The van der Waals surface area contributed by atoms with Crippen LogP contribution in [0.1, 0.15) is 23.1 Å². The fourth-order valence-corrected chi connectivity index (χ4v) is 2.80. The third-order valence-electron chi connectivity index (χ3n) is 2.73. The fourth-order valence-electron chi connectivity index (χ4n) is 1.82. The average Bonchev–Trinajstić information content (AvgIpc) is 2.89. The van der Waals surface area contributed by atoms with Crippen molar-refractivity contribution in [2.24, 2.45) is 5.73 Å². The first-order valence-electron chi connectivity index (χ1n) is 5.59. The number of aromatic nitrogens is 2. The second-order valence-electron chi connectivity index (χ2n) is 3.77. The lowest BCUT2D eigenvalue weighted by molar-refractivity contribution is 0.736. The number of nitrogens with zero attached hydrogens (tertiary/aromatic N) is 2. The zero-order valence-electron chi connectivity index (χ0n) is 9.52. The van der Waals surface area contributed by atoms with E-state index in [1.165, 1.54) is 16.1 Å². The third-order valence-corrected chi connectivity index (χ3v) is 3.68. The molecule has 86 valence electrons. The van der Waals surface area contributed by atoms with E-state index in [1.54, 1.807) is 0 Å². The molecule has 0 aliphatic carbocycles. The van der Waals surface area contributed by atoms with E-state index in [9.17, 15) is 0 Å². The molecule has 0 bridgehead atoms. The zero-order valence-corrected chi connectivity index (χ0v) is 10.3. The van der Waals surface area contributed by atoms with Crippen molar-refractivity contribution in [3.05, 3.63) is 40.1 Å². The maximum Gasteiger partial charge on any atom is 0.0951 e. The van der Waals surface area contributed by atoms with Crippen LogP contribution in [-0.2, 0) is 19.4 Å². The minimum atomic E-state index is 0.677. The lowest BCUT2D eigenvalue weighted by atomic mass is 10.2. The molecule has 4 heteroatoms. The summed E-state index contributed by atoms with van der Waals surface area (Å²) in [6.45, 7) is 3.80. The molecule has 0 fully saturated rings. The summed E-state index contributed by atoms with van der Waals surface area (Å²) in [5.41, 5.74) is 8.24. The third kappa shape index (κ3) is 2.33. The van der Waals surface area contributed by atoms with Crippen LogP contribution in [0.15, 0.2) is 24.0 Å². The van der Waals surface area contributed by atoms with Crippen LogP contribution >= 0.6 is 11.3 Å². The quantitative estimate of drug-likeness (QED) is 0.862. The molecule has 0 saturated heterocycles. The zero-order chi connectivity index (χ0) is 11.4. The molecule has 0 aromatic carbocycles. The summed E-state index contributed by atoms with van der Waals surface area (Å²) in [5.74, 6) is 0. The molecule has 2 heterocycles. The highest BCUT2D eigenvalue weighted by molar-refractivity contribution is 7.10. The first-order chi connectivity index (χ1) is 7.85. The lowest BCUT2D eigenvalue weighted by Crippen LogP contribution is -2.09. The van der Waals surface area contributed by atoms with Gasteiger partial charge in [0.05, 0.1) is 12.9 Å². The second-order valence-corrected chi connectivity index (χ2v) is 4.77. The maximum atomic E-state index is 5.58. The molecule has 2 aromatic heterocycles. The van der Waals surface area contributed by atoms with E-state index in [-0.39, 0.29) is 0 Å². The van der Waals surface area contributed by atoms with Gasteiger partial charge in [-0.1, -0.05) is 6.92 Å². The molecule has 0 amide bonds.